The van der Waals surface area contributed by atoms with Gasteiger partial charge in [-0.15, -0.1) is 6.58 Å². The van der Waals surface area contributed by atoms with Crippen molar-refractivity contribution in [2.24, 2.45) is 11.8 Å². The standard InChI is InChI=1S/C34H35N2O4/c1-3-22-20-36(21-27(37)18-33(38)26-9-8-23-6-4-5-7-24(23)16-26)15-13-25(22)17-32(36)34(39)29-12-14-35-31-11-10-28(40-2)19-30(29)31/h3-12,14,16,19,22,25,32,34,39H,1,13,15,17-18,20-21H2,2H3/q+1/t22?,25?,32?,34-,36?/m1/s1. The van der Waals surface area contributed by atoms with Crippen molar-refractivity contribution in [3.05, 3.63) is 96.7 Å². The Bertz CT molecular complexity index is 1610. The van der Waals surface area contributed by atoms with E-state index in [0.717, 1.165) is 53.2 Å². The Hall–Kier alpha value is -3.87. The molecule has 5 atom stereocenters. The lowest BCUT2D eigenvalue weighted by molar-refractivity contribution is -0.966. The number of quaternary nitrogens is 1. The number of carbonyl (C=O) groups is 2. The fourth-order valence-corrected chi connectivity index (χ4v) is 7.17. The van der Waals surface area contributed by atoms with Crippen LogP contribution in [0.3, 0.4) is 0 Å². The number of aliphatic hydroxyl groups is 1. The summed E-state index contributed by atoms with van der Waals surface area (Å²) in [6.45, 7) is 5.86. The number of piperidine rings is 3. The fraction of sp³-hybridized carbons (Fsp3) is 0.324. The molecule has 0 amide bonds. The molecule has 0 radical (unpaired) electrons. The van der Waals surface area contributed by atoms with Crippen LogP contribution in [0, 0.1) is 11.8 Å². The monoisotopic (exact) mass is 535 g/mol. The first kappa shape index (κ1) is 26.4. The topological polar surface area (TPSA) is 76.5 Å². The van der Waals surface area contributed by atoms with Crippen molar-refractivity contribution in [1.82, 2.24) is 4.98 Å². The summed E-state index contributed by atoms with van der Waals surface area (Å²) in [6.07, 6.45) is 4.60. The first-order chi connectivity index (χ1) is 19.4. The molecule has 3 aromatic carbocycles. The van der Waals surface area contributed by atoms with Gasteiger partial charge in [-0.2, -0.15) is 0 Å². The smallest absolute Gasteiger partial charge is 0.194 e. The van der Waals surface area contributed by atoms with Crippen molar-refractivity contribution in [3.8, 4) is 5.75 Å². The largest absolute Gasteiger partial charge is 0.497 e. The number of hydrogen-bond acceptors (Lipinski definition) is 5. The minimum Gasteiger partial charge on any atom is -0.497 e. The number of aliphatic hydroxyl groups excluding tert-OH is 1. The van der Waals surface area contributed by atoms with Gasteiger partial charge in [0.05, 0.1) is 32.1 Å². The molecule has 4 unspecified atom stereocenters. The lowest BCUT2D eigenvalue weighted by Gasteiger charge is -2.57. The number of ketones is 2. The average molecular weight is 536 g/mol. The van der Waals surface area contributed by atoms with Crippen LogP contribution in [0.5, 0.6) is 5.75 Å². The summed E-state index contributed by atoms with van der Waals surface area (Å²) < 4.78 is 5.93. The highest BCUT2D eigenvalue weighted by atomic mass is 16.5. The highest BCUT2D eigenvalue weighted by molar-refractivity contribution is 6.09. The number of carbonyl (C=O) groups excluding carboxylic acids is 2. The zero-order valence-electron chi connectivity index (χ0n) is 22.8. The van der Waals surface area contributed by atoms with Crippen LogP contribution in [0.4, 0.5) is 0 Å². The second-order valence-electron chi connectivity index (χ2n) is 11.5. The highest BCUT2D eigenvalue weighted by Crippen LogP contribution is 2.47. The molecular weight excluding hydrogens is 500 g/mol. The Labute approximate surface area is 234 Å². The number of hydrogen-bond donors (Lipinski definition) is 1. The van der Waals surface area contributed by atoms with Crippen LogP contribution < -0.4 is 4.74 Å². The van der Waals surface area contributed by atoms with Gasteiger partial charge in [-0.05, 0) is 52.6 Å². The van der Waals surface area contributed by atoms with Crippen molar-refractivity contribution >= 4 is 33.2 Å². The molecule has 4 aromatic rings. The van der Waals surface area contributed by atoms with Gasteiger partial charge >= 0.3 is 0 Å². The number of ether oxygens (including phenoxy) is 1. The van der Waals surface area contributed by atoms with Gasteiger partial charge in [0, 0.05) is 35.9 Å². The first-order valence-corrected chi connectivity index (χ1v) is 14.0. The molecule has 0 aliphatic carbocycles. The average Bonchev–Trinajstić information content (AvgIpc) is 2.99. The van der Waals surface area contributed by atoms with E-state index in [4.69, 9.17) is 4.74 Å². The van der Waals surface area contributed by atoms with Gasteiger partial charge < -0.3 is 14.3 Å². The van der Waals surface area contributed by atoms with E-state index in [1.807, 2.05) is 66.7 Å². The maximum absolute atomic E-state index is 13.6. The van der Waals surface area contributed by atoms with E-state index in [9.17, 15) is 14.7 Å². The van der Waals surface area contributed by atoms with Gasteiger partial charge in [-0.1, -0.05) is 42.5 Å². The van der Waals surface area contributed by atoms with Gasteiger partial charge in [0.1, 0.15) is 24.4 Å². The summed E-state index contributed by atoms with van der Waals surface area (Å²) in [7, 11) is 1.62. The molecule has 1 aromatic heterocycles. The number of aromatic nitrogens is 1. The van der Waals surface area contributed by atoms with Crippen LogP contribution in [0.25, 0.3) is 21.7 Å². The highest BCUT2D eigenvalue weighted by Gasteiger charge is 2.54. The predicted molar refractivity (Wildman–Crippen MR) is 156 cm³/mol. The number of pyridine rings is 1. The molecule has 0 spiro atoms. The van der Waals surface area contributed by atoms with Crippen LogP contribution >= 0.6 is 0 Å². The van der Waals surface area contributed by atoms with Crippen molar-refractivity contribution < 1.29 is 23.9 Å². The maximum atomic E-state index is 13.6. The second-order valence-corrected chi connectivity index (χ2v) is 11.5. The SMILES string of the molecule is C=CC1C[N+]2(CC(=O)CC(=O)c3ccc4ccccc4c3)CCC1CC2[C@H](O)c1ccnc2ccc(OC)cc12. The van der Waals surface area contributed by atoms with Crippen LogP contribution in [-0.2, 0) is 4.79 Å². The Kier molecular flexibility index (Phi) is 6.99. The normalized spacial score (nSPS) is 24.6. The Morgan fingerprint density at radius 3 is 2.75 bits per heavy atom. The summed E-state index contributed by atoms with van der Waals surface area (Å²) in [5.41, 5.74) is 2.15. The van der Waals surface area contributed by atoms with E-state index < -0.39 is 6.10 Å². The Balaban J connectivity index is 1.28. The number of benzene rings is 3. The van der Waals surface area contributed by atoms with Gasteiger partial charge in [0.25, 0.3) is 0 Å². The minimum absolute atomic E-state index is 0.0835. The third kappa shape index (κ3) is 4.72. The van der Waals surface area contributed by atoms with E-state index in [1.165, 1.54) is 0 Å². The van der Waals surface area contributed by atoms with Crippen molar-refractivity contribution in [3.63, 3.8) is 0 Å². The Morgan fingerprint density at radius 1 is 1.12 bits per heavy atom. The van der Waals surface area contributed by atoms with Crippen molar-refractivity contribution in [1.29, 1.82) is 0 Å². The molecule has 40 heavy (non-hydrogen) atoms. The van der Waals surface area contributed by atoms with E-state index >= 15 is 0 Å². The molecule has 204 valence electrons. The van der Waals surface area contributed by atoms with Crippen molar-refractivity contribution in [2.75, 3.05) is 26.7 Å². The molecule has 3 aliphatic heterocycles. The van der Waals surface area contributed by atoms with Crippen LogP contribution in [0.2, 0.25) is 0 Å². The number of methoxy groups -OCH3 is 1. The van der Waals surface area contributed by atoms with Crippen molar-refractivity contribution in [2.45, 2.75) is 31.4 Å². The maximum Gasteiger partial charge on any atom is 0.194 e. The minimum atomic E-state index is -0.782. The zero-order valence-corrected chi connectivity index (χ0v) is 22.8. The molecule has 3 saturated heterocycles. The Morgan fingerprint density at radius 2 is 1.95 bits per heavy atom. The molecule has 0 saturated carbocycles. The van der Waals surface area contributed by atoms with Gasteiger partial charge in [0.2, 0.25) is 0 Å². The van der Waals surface area contributed by atoms with E-state index in [2.05, 4.69) is 11.6 Å². The number of nitrogens with zero attached hydrogens (tertiary/aromatic N) is 2. The van der Waals surface area contributed by atoms with Crippen LogP contribution in [-0.4, -0.2) is 58.9 Å². The lowest BCUT2D eigenvalue weighted by Crippen LogP contribution is -2.69. The molecule has 1 N–H and O–H groups in total. The summed E-state index contributed by atoms with van der Waals surface area (Å²) in [4.78, 5) is 31.2. The molecule has 6 nitrogen and oxygen atoms in total. The second kappa shape index (κ2) is 10.6. The summed E-state index contributed by atoms with van der Waals surface area (Å²) >= 11 is 0. The van der Waals surface area contributed by atoms with Crippen LogP contribution in [0.15, 0.2) is 85.6 Å². The molecule has 2 bridgehead atoms. The summed E-state index contributed by atoms with van der Waals surface area (Å²) in [5, 5.41) is 14.8. The van der Waals surface area contributed by atoms with E-state index in [1.54, 1.807) is 19.4 Å². The van der Waals surface area contributed by atoms with Crippen LogP contribution in [0.1, 0.15) is 41.3 Å². The number of Topliss-reactive ketones (excluding diaryl/α,β-unsaturated/α-hetero) is 2. The first-order valence-electron chi connectivity index (χ1n) is 14.0. The molecule has 3 aliphatic rings. The third-order valence-electron chi connectivity index (χ3n) is 9.26. The van der Waals surface area contributed by atoms with Gasteiger partial charge in [-0.3, -0.25) is 14.6 Å². The molecule has 4 heterocycles. The quantitative estimate of drug-likeness (QED) is 0.129. The summed E-state index contributed by atoms with van der Waals surface area (Å²) in [6, 6.07) is 20.9. The number of fused-ring (bicyclic) bond motifs is 5. The molecule has 3 fully saturated rings. The lowest BCUT2D eigenvalue weighted by atomic mass is 9.71. The van der Waals surface area contributed by atoms with Gasteiger partial charge in [0.15, 0.2) is 11.6 Å². The summed E-state index contributed by atoms with van der Waals surface area (Å²) in [5.74, 6) is 1.17. The predicted octanol–water partition coefficient (Wildman–Crippen LogP) is 5.68. The fourth-order valence-electron chi connectivity index (χ4n) is 7.17. The molecule has 7 rings (SSSR count). The van der Waals surface area contributed by atoms with E-state index in [0.29, 0.717) is 21.7 Å². The molecular formula is C34H35N2O4+. The van der Waals surface area contributed by atoms with E-state index in [-0.39, 0.29) is 36.5 Å². The van der Waals surface area contributed by atoms with Gasteiger partial charge in [-0.25, -0.2) is 0 Å². The molecule has 6 heteroatoms. The number of rotatable bonds is 9. The third-order valence-corrected chi connectivity index (χ3v) is 9.26. The zero-order chi connectivity index (χ0) is 27.9.